The Morgan fingerprint density at radius 3 is 2.67 bits per heavy atom. The van der Waals surface area contributed by atoms with Crippen molar-refractivity contribution in [2.45, 2.75) is 39.0 Å². The number of nitrogens with two attached hydrogens (primary N) is 1. The maximum absolute atomic E-state index is 12.0. The van der Waals surface area contributed by atoms with Gasteiger partial charge < -0.3 is 11.1 Å². The molecule has 0 aliphatic rings. The van der Waals surface area contributed by atoms with E-state index >= 15 is 0 Å². The maximum Gasteiger partial charge on any atom is 0.232 e. The van der Waals surface area contributed by atoms with Crippen molar-refractivity contribution in [1.29, 1.82) is 0 Å². The molecular weight excluding hydrogens is 304 g/mol. The SMILES string of the molecule is CC(C)(C)c1csc(NC(=O)Cc2csc(CCN)n2)n1. The topological polar surface area (TPSA) is 80.9 Å². The Morgan fingerprint density at radius 2 is 2.05 bits per heavy atom. The van der Waals surface area contributed by atoms with Gasteiger partial charge in [-0.2, -0.15) is 0 Å². The van der Waals surface area contributed by atoms with Gasteiger partial charge in [-0.3, -0.25) is 4.79 Å². The van der Waals surface area contributed by atoms with Crippen LogP contribution >= 0.6 is 22.7 Å². The fourth-order valence-corrected chi connectivity index (χ4v) is 3.44. The van der Waals surface area contributed by atoms with Crippen LogP contribution in [0.4, 0.5) is 5.13 Å². The van der Waals surface area contributed by atoms with Gasteiger partial charge in [-0.05, 0) is 6.54 Å². The molecule has 0 aliphatic carbocycles. The Kier molecular flexibility index (Phi) is 5.08. The number of amides is 1. The van der Waals surface area contributed by atoms with E-state index in [2.05, 4.69) is 36.1 Å². The summed E-state index contributed by atoms with van der Waals surface area (Å²) in [5, 5.41) is 8.34. The normalized spacial score (nSPS) is 11.6. The molecule has 0 radical (unpaired) electrons. The predicted octanol–water partition coefficient (Wildman–Crippen LogP) is 2.58. The van der Waals surface area contributed by atoms with Crippen molar-refractivity contribution in [3.8, 4) is 0 Å². The zero-order valence-corrected chi connectivity index (χ0v) is 14.1. The summed E-state index contributed by atoms with van der Waals surface area (Å²) >= 11 is 3.00. The molecule has 0 bridgehead atoms. The first-order chi connectivity index (χ1) is 9.88. The number of carbonyl (C=O) groups is 1. The van der Waals surface area contributed by atoms with Crippen molar-refractivity contribution >= 4 is 33.7 Å². The highest BCUT2D eigenvalue weighted by molar-refractivity contribution is 7.14. The van der Waals surface area contributed by atoms with E-state index in [-0.39, 0.29) is 17.7 Å². The molecule has 0 atom stereocenters. The summed E-state index contributed by atoms with van der Waals surface area (Å²) in [6, 6.07) is 0. The van der Waals surface area contributed by atoms with Gasteiger partial charge in [0.2, 0.25) is 5.91 Å². The van der Waals surface area contributed by atoms with E-state index < -0.39 is 0 Å². The second-order valence-corrected chi connectivity index (χ2v) is 7.58. The van der Waals surface area contributed by atoms with Crippen LogP contribution in [0.3, 0.4) is 0 Å². The highest BCUT2D eigenvalue weighted by Crippen LogP contribution is 2.26. The monoisotopic (exact) mass is 324 g/mol. The molecule has 2 aromatic rings. The molecule has 2 aromatic heterocycles. The first-order valence-electron chi connectivity index (χ1n) is 6.77. The van der Waals surface area contributed by atoms with Crippen molar-refractivity contribution in [3.63, 3.8) is 0 Å². The van der Waals surface area contributed by atoms with Crippen LogP contribution in [-0.4, -0.2) is 22.4 Å². The number of carbonyl (C=O) groups excluding carboxylic acids is 1. The molecular formula is C14H20N4OS2. The highest BCUT2D eigenvalue weighted by atomic mass is 32.1. The van der Waals surface area contributed by atoms with Gasteiger partial charge in [0.1, 0.15) is 0 Å². The van der Waals surface area contributed by atoms with Gasteiger partial charge in [-0.15, -0.1) is 22.7 Å². The average molecular weight is 324 g/mol. The molecule has 5 nitrogen and oxygen atoms in total. The molecule has 0 unspecified atom stereocenters. The number of anilines is 1. The molecule has 2 rings (SSSR count). The Labute approximate surface area is 132 Å². The van der Waals surface area contributed by atoms with E-state index in [1.54, 1.807) is 11.3 Å². The van der Waals surface area contributed by atoms with Gasteiger partial charge in [-0.25, -0.2) is 9.97 Å². The number of nitrogens with one attached hydrogen (secondary N) is 1. The van der Waals surface area contributed by atoms with Gasteiger partial charge in [0.15, 0.2) is 5.13 Å². The van der Waals surface area contributed by atoms with Gasteiger partial charge in [0, 0.05) is 22.6 Å². The third-order valence-electron chi connectivity index (χ3n) is 2.82. The van der Waals surface area contributed by atoms with E-state index in [0.717, 1.165) is 22.8 Å². The van der Waals surface area contributed by atoms with Crippen LogP contribution in [0.25, 0.3) is 0 Å². The molecule has 2 heterocycles. The molecule has 0 aromatic carbocycles. The van der Waals surface area contributed by atoms with Crippen molar-refractivity contribution in [2.75, 3.05) is 11.9 Å². The van der Waals surface area contributed by atoms with E-state index in [0.29, 0.717) is 11.7 Å². The van der Waals surface area contributed by atoms with E-state index in [4.69, 9.17) is 5.73 Å². The molecule has 1 amide bonds. The number of aromatic nitrogens is 2. The van der Waals surface area contributed by atoms with Crippen molar-refractivity contribution in [3.05, 3.63) is 27.2 Å². The fraction of sp³-hybridized carbons (Fsp3) is 0.500. The average Bonchev–Trinajstić information content (AvgIpc) is 2.98. The van der Waals surface area contributed by atoms with E-state index in [1.165, 1.54) is 11.3 Å². The molecule has 0 saturated heterocycles. The van der Waals surface area contributed by atoms with Crippen molar-refractivity contribution in [2.24, 2.45) is 5.73 Å². The minimum Gasteiger partial charge on any atom is -0.330 e. The Bertz CT molecular complexity index is 613. The quantitative estimate of drug-likeness (QED) is 0.886. The number of thiazole rings is 2. The second kappa shape index (κ2) is 6.64. The van der Waals surface area contributed by atoms with Gasteiger partial charge in [0.05, 0.1) is 22.8 Å². The van der Waals surface area contributed by atoms with E-state index in [9.17, 15) is 4.79 Å². The third-order valence-corrected chi connectivity index (χ3v) is 4.53. The molecule has 114 valence electrons. The fourth-order valence-electron chi connectivity index (χ4n) is 1.67. The lowest BCUT2D eigenvalue weighted by Crippen LogP contribution is -2.16. The van der Waals surface area contributed by atoms with Crippen LogP contribution in [0.1, 0.15) is 37.2 Å². The van der Waals surface area contributed by atoms with Crippen LogP contribution in [0.5, 0.6) is 0 Å². The molecule has 0 saturated carbocycles. The standard InChI is InChI=1S/C14H20N4OS2/c1-14(2,3)10-8-21-13(17-10)18-11(19)6-9-7-20-12(16-9)4-5-15/h7-8H,4-6,15H2,1-3H3,(H,17,18,19). The lowest BCUT2D eigenvalue weighted by molar-refractivity contribution is -0.115. The zero-order valence-electron chi connectivity index (χ0n) is 12.5. The lowest BCUT2D eigenvalue weighted by atomic mass is 9.93. The van der Waals surface area contributed by atoms with Gasteiger partial charge >= 0.3 is 0 Å². The second-order valence-electron chi connectivity index (χ2n) is 5.78. The highest BCUT2D eigenvalue weighted by Gasteiger charge is 2.18. The zero-order chi connectivity index (χ0) is 15.5. The van der Waals surface area contributed by atoms with Crippen molar-refractivity contribution < 1.29 is 4.79 Å². The van der Waals surface area contributed by atoms with Crippen LogP contribution in [0.2, 0.25) is 0 Å². The number of rotatable bonds is 5. The lowest BCUT2D eigenvalue weighted by Gasteiger charge is -2.14. The smallest absolute Gasteiger partial charge is 0.232 e. The minimum absolute atomic E-state index is 0.00842. The number of nitrogens with zero attached hydrogens (tertiary/aromatic N) is 2. The first kappa shape index (κ1) is 16.1. The molecule has 7 heteroatoms. The first-order valence-corrected chi connectivity index (χ1v) is 8.53. The summed E-state index contributed by atoms with van der Waals surface area (Å²) in [5.74, 6) is -0.0885. The van der Waals surface area contributed by atoms with Gasteiger partial charge in [-0.1, -0.05) is 20.8 Å². The van der Waals surface area contributed by atoms with Crippen LogP contribution < -0.4 is 11.1 Å². The number of hydrogen-bond acceptors (Lipinski definition) is 6. The van der Waals surface area contributed by atoms with E-state index in [1.807, 2.05) is 10.8 Å². The van der Waals surface area contributed by atoms with Crippen LogP contribution in [0, 0.1) is 0 Å². The predicted molar refractivity (Wildman–Crippen MR) is 88.0 cm³/mol. The Balaban J connectivity index is 1.93. The Morgan fingerprint density at radius 1 is 1.29 bits per heavy atom. The summed E-state index contributed by atoms with van der Waals surface area (Å²) in [4.78, 5) is 20.8. The summed E-state index contributed by atoms with van der Waals surface area (Å²) < 4.78 is 0. The molecule has 0 fully saturated rings. The summed E-state index contributed by atoms with van der Waals surface area (Å²) in [7, 11) is 0. The summed E-state index contributed by atoms with van der Waals surface area (Å²) in [6.07, 6.45) is 1.03. The Hall–Kier alpha value is -1.31. The molecule has 0 aliphatic heterocycles. The third kappa shape index (κ3) is 4.59. The summed E-state index contributed by atoms with van der Waals surface area (Å²) in [5.41, 5.74) is 7.26. The molecule has 21 heavy (non-hydrogen) atoms. The minimum atomic E-state index is -0.0885. The van der Waals surface area contributed by atoms with Gasteiger partial charge in [0.25, 0.3) is 0 Å². The maximum atomic E-state index is 12.0. The summed E-state index contributed by atoms with van der Waals surface area (Å²) in [6.45, 7) is 6.87. The molecule has 0 spiro atoms. The molecule has 3 N–H and O–H groups in total. The number of hydrogen-bond donors (Lipinski definition) is 2. The largest absolute Gasteiger partial charge is 0.330 e. The van der Waals surface area contributed by atoms with Crippen molar-refractivity contribution in [1.82, 2.24) is 9.97 Å². The van der Waals surface area contributed by atoms with Crippen LogP contribution in [0.15, 0.2) is 10.8 Å². The van der Waals surface area contributed by atoms with Crippen LogP contribution in [-0.2, 0) is 23.1 Å².